The fraction of sp³-hybridized carbons (Fsp3) is 0.667. The molecule has 10 nitrogen and oxygen atoms in total. The van der Waals surface area contributed by atoms with Gasteiger partial charge in [0.15, 0.2) is 5.65 Å². The average molecular weight is 644 g/mol. The van der Waals surface area contributed by atoms with Gasteiger partial charge in [-0.25, -0.2) is 28.6 Å². The van der Waals surface area contributed by atoms with E-state index in [-0.39, 0.29) is 16.2 Å². The Hall–Kier alpha value is -2.03. The van der Waals surface area contributed by atoms with Crippen LogP contribution in [0.3, 0.4) is 0 Å². The lowest BCUT2D eigenvalue weighted by molar-refractivity contribution is 0.0811. The summed E-state index contributed by atoms with van der Waals surface area (Å²) in [7, 11) is -2.35. The molecule has 1 N–H and O–H groups in total. The maximum atomic E-state index is 13.2. The minimum Gasteiger partial charge on any atom is -0.377 e. The van der Waals surface area contributed by atoms with Gasteiger partial charge in [0.1, 0.15) is 23.8 Å². The smallest absolute Gasteiger partial charge is 0.181 e. The molecular weight excluding hydrogens is 599 g/mol. The highest BCUT2D eigenvalue weighted by Crippen LogP contribution is 2.53. The number of hydrogen-bond acceptors (Lipinski definition) is 9. The van der Waals surface area contributed by atoms with Gasteiger partial charge < -0.3 is 14.4 Å². The van der Waals surface area contributed by atoms with E-state index in [1.807, 2.05) is 37.2 Å². The van der Waals surface area contributed by atoms with Gasteiger partial charge in [-0.2, -0.15) is 5.10 Å². The zero-order valence-electron chi connectivity index (χ0n) is 26.3. The van der Waals surface area contributed by atoms with E-state index >= 15 is 0 Å². The average Bonchev–Trinajstić information content (AvgIpc) is 3.64. The fourth-order valence-electron chi connectivity index (χ4n) is 6.13. The van der Waals surface area contributed by atoms with E-state index in [0.29, 0.717) is 19.9 Å². The molecule has 234 valence electrons. The van der Waals surface area contributed by atoms with E-state index in [2.05, 4.69) is 40.3 Å². The first-order valence-electron chi connectivity index (χ1n) is 15.4. The normalized spacial score (nSPS) is 21.4. The molecule has 0 saturated carbocycles. The van der Waals surface area contributed by atoms with Crippen molar-refractivity contribution in [3.05, 3.63) is 34.0 Å². The van der Waals surface area contributed by atoms with Crippen LogP contribution >= 0.6 is 11.3 Å². The van der Waals surface area contributed by atoms with Gasteiger partial charge in [-0.05, 0) is 58.1 Å². The van der Waals surface area contributed by atoms with Crippen molar-refractivity contribution in [1.29, 1.82) is 0 Å². The number of hydrogen-bond donors (Lipinski definition) is 1. The van der Waals surface area contributed by atoms with Gasteiger partial charge in [0.05, 0.1) is 52.4 Å². The van der Waals surface area contributed by atoms with E-state index in [4.69, 9.17) is 24.5 Å². The Balaban J connectivity index is 1.23. The molecule has 3 aromatic rings. The Morgan fingerprint density at radius 1 is 1.23 bits per heavy atom. The lowest BCUT2D eigenvalue weighted by Gasteiger charge is -2.44. The fourth-order valence-corrected chi connectivity index (χ4v) is 8.90. The minimum absolute atomic E-state index is 0.000947. The summed E-state index contributed by atoms with van der Waals surface area (Å²) in [6.45, 7) is 17.2. The molecule has 43 heavy (non-hydrogen) atoms. The Bertz CT molecular complexity index is 1520. The second kappa shape index (κ2) is 12.0. The van der Waals surface area contributed by atoms with E-state index in [0.717, 1.165) is 85.4 Å². The van der Waals surface area contributed by atoms with Crippen molar-refractivity contribution in [3.8, 4) is 0 Å². The van der Waals surface area contributed by atoms with Gasteiger partial charge in [0.2, 0.25) is 0 Å². The van der Waals surface area contributed by atoms with Gasteiger partial charge in [-0.3, -0.25) is 0 Å². The zero-order chi connectivity index (χ0) is 30.4. The summed E-state index contributed by atoms with van der Waals surface area (Å²) in [6.07, 6.45) is 7.67. The summed E-state index contributed by atoms with van der Waals surface area (Å²) in [6, 6.07) is 1.16. The summed E-state index contributed by atoms with van der Waals surface area (Å²) in [5, 5.41) is 4.96. The van der Waals surface area contributed by atoms with Crippen molar-refractivity contribution >= 4 is 53.0 Å². The molecule has 13 heteroatoms. The second-order valence-corrected chi connectivity index (χ2v) is 22.8. The second-order valence-electron chi connectivity index (χ2n) is 14.3. The van der Waals surface area contributed by atoms with E-state index in [1.54, 1.807) is 11.3 Å². The van der Waals surface area contributed by atoms with Crippen LogP contribution in [0.4, 0.5) is 5.82 Å². The molecule has 2 aliphatic heterocycles. The van der Waals surface area contributed by atoms with E-state index in [1.165, 1.54) is 4.88 Å². The Morgan fingerprint density at radius 2 is 2.02 bits per heavy atom. The standard InChI is InChI=1S/C30H45N7O3S2Si/c1-29(2,3)42(38)35-27-26-22(32-19-41-26)17-30(27)9-11-36(12-10-30)23-18-31-25-24(21-7-13-39-14-8-21)34-37(28(25)33-23)20-40-15-16-43(4,5)6/h7,18-19,27,35H,8-17,20H2,1-6H3/t27-,42-/m1/s1. The third-order valence-corrected chi connectivity index (χ3v) is 13.0. The summed E-state index contributed by atoms with van der Waals surface area (Å²) in [5.74, 6) is 0.867. The predicted octanol–water partition coefficient (Wildman–Crippen LogP) is 5.33. The van der Waals surface area contributed by atoms with Crippen molar-refractivity contribution in [2.45, 2.75) is 89.7 Å². The van der Waals surface area contributed by atoms with Crippen molar-refractivity contribution in [3.63, 3.8) is 0 Å². The molecule has 3 aromatic heterocycles. The molecule has 3 aliphatic rings. The van der Waals surface area contributed by atoms with E-state index < -0.39 is 19.1 Å². The molecule has 1 spiro atoms. The molecule has 0 radical (unpaired) electrons. The Morgan fingerprint density at radius 3 is 2.72 bits per heavy atom. The third kappa shape index (κ3) is 6.52. The van der Waals surface area contributed by atoms with Crippen LogP contribution in [0.2, 0.25) is 25.7 Å². The molecular formula is C30H45N7O3S2Si. The van der Waals surface area contributed by atoms with Gasteiger partial charge in [0, 0.05) is 38.1 Å². The molecule has 6 rings (SSSR count). The minimum atomic E-state index is -1.19. The molecule has 0 amide bonds. The van der Waals surface area contributed by atoms with Gasteiger partial charge in [0.25, 0.3) is 0 Å². The number of thiazole rings is 1. The number of ether oxygens (including phenoxy) is 2. The van der Waals surface area contributed by atoms with Crippen LogP contribution in [-0.4, -0.2) is 74.7 Å². The first-order chi connectivity index (χ1) is 20.4. The van der Waals surface area contributed by atoms with Crippen LogP contribution in [0.5, 0.6) is 0 Å². The quantitative estimate of drug-likeness (QED) is 0.246. The first-order valence-corrected chi connectivity index (χ1v) is 21.1. The van der Waals surface area contributed by atoms with Crippen molar-refractivity contribution in [1.82, 2.24) is 29.5 Å². The van der Waals surface area contributed by atoms with Crippen molar-refractivity contribution < 1.29 is 13.7 Å². The van der Waals surface area contributed by atoms with Crippen molar-refractivity contribution in [2.24, 2.45) is 5.41 Å². The van der Waals surface area contributed by atoms with Crippen LogP contribution in [0, 0.1) is 5.41 Å². The molecule has 5 heterocycles. The SMILES string of the molecule is CC(C)(C)[S@@](=O)N[C@@H]1c2scnc2CC12CCN(c1cnc3c(C4=CCOCC4)nn(COCC[Si](C)(C)C)c3n1)CC2. The van der Waals surface area contributed by atoms with Crippen molar-refractivity contribution in [2.75, 3.05) is 37.8 Å². The Kier molecular flexibility index (Phi) is 8.68. The predicted molar refractivity (Wildman–Crippen MR) is 176 cm³/mol. The zero-order valence-corrected chi connectivity index (χ0v) is 28.9. The number of nitrogens with zero attached hydrogens (tertiary/aromatic N) is 6. The topological polar surface area (TPSA) is 107 Å². The molecule has 1 aliphatic carbocycles. The van der Waals surface area contributed by atoms with Crippen LogP contribution in [0.15, 0.2) is 17.8 Å². The van der Waals surface area contributed by atoms with Gasteiger partial charge in [-0.1, -0.05) is 25.7 Å². The lowest BCUT2D eigenvalue weighted by Crippen LogP contribution is -2.48. The number of piperidine rings is 1. The maximum Gasteiger partial charge on any atom is 0.181 e. The highest BCUT2D eigenvalue weighted by atomic mass is 32.2. The highest BCUT2D eigenvalue weighted by molar-refractivity contribution is 7.84. The molecule has 0 unspecified atom stereocenters. The van der Waals surface area contributed by atoms with Crippen LogP contribution in [0.25, 0.3) is 16.7 Å². The monoisotopic (exact) mass is 643 g/mol. The summed E-state index contributed by atoms with van der Waals surface area (Å²) < 4.78 is 30.0. The number of aromatic nitrogens is 5. The summed E-state index contributed by atoms with van der Waals surface area (Å²) in [4.78, 5) is 18.4. The largest absolute Gasteiger partial charge is 0.377 e. The van der Waals surface area contributed by atoms with Crippen LogP contribution in [-0.2, 0) is 33.6 Å². The molecule has 1 saturated heterocycles. The van der Waals surface area contributed by atoms with Gasteiger partial charge in [-0.15, -0.1) is 11.3 Å². The molecule has 0 aromatic carbocycles. The molecule has 0 bridgehead atoms. The first kappa shape index (κ1) is 31.0. The van der Waals surface area contributed by atoms with Gasteiger partial charge >= 0.3 is 0 Å². The third-order valence-electron chi connectivity index (χ3n) is 8.84. The van der Waals surface area contributed by atoms with Crippen LogP contribution < -0.4 is 9.62 Å². The summed E-state index contributed by atoms with van der Waals surface area (Å²) >= 11 is 1.69. The number of anilines is 1. The number of rotatable bonds is 9. The summed E-state index contributed by atoms with van der Waals surface area (Å²) in [5.41, 5.74) is 6.71. The molecule has 2 atom stereocenters. The Labute approximate surface area is 262 Å². The maximum absolute atomic E-state index is 13.2. The molecule has 1 fully saturated rings. The van der Waals surface area contributed by atoms with E-state index in [9.17, 15) is 4.21 Å². The lowest BCUT2D eigenvalue weighted by atomic mass is 9.74. The number of fused-ring (bicyclic) bond motifs is 2. The highest BCUT2D eigenvalue weighted by Gasteiger charge is 2.50. The number of nitrogens with one attached hydrogen (secondary N) is 1. The van der Waals surface area contributed by atoms with Crippen LogP contribution in [0.1, 0.15) is 62.3 Å².